The summed E-state index contributed by atoms with van der Waals surface area (Å²) >= 11 is 0. The predicted molar refractivity (Wildman–Crippen MR) is 89.0 cm³/mol. The third-order valence-corrected chi connectivity index (χ3v) is 3.70. The molecule has 0 atom stereocenters. The summed E-state index contributed by atoms with van der Waals surface area (Å²) in [5, 5.41) is 3.47. The van der Waals surface area contributed by atoms with Gasteiger partial charge in [0.1, 0.15) is 0 Å². The normalized spacial score (nSPS) is 11.2. The fourth-order valence-corrected chi connectivity index (χ4v) is 2.43. The summed E-state index contributed by atoms with van der Waals surface area (Å²) in [6, 6.07) is 10.8. The maximum Gasteiger partial charge on any atom is 0.0233 e. The van der Waals surface area contributed by atoms with Gasteiger partial charge in [-0.25, -0.2) is 0 Å². The summed E-state index contributed by atoms with van der Waals surface area (Å²) in [7, 11) is 0. The lowest BCUT2D eigenvalue weighted by Gasteiger charge is -2.20. The second kappa shape index (κ2) is 11.9. The molecule has 0 aliphatic rings. The number of nitrogens with one attached hydrogen (secondary N) is 1. The summed E-state index contributed by atoms with van der Waals surface area (Å²) in [6.07, 6.45) is 6.61. The van der Waals surface area contributed by atoms with Gasteiger partial charge < -0.3 is 5.32 Å². The molecule has 2 nitrogen and oxygen atoms in total. The molecule has 1 aromatic rings. The summed E-state index contributed by atoms with van der Waals surface area (Å²) < 4.78 is 0. The van der Waals surface area contributed by atoms with Gasteiger partial charge in [-0.3, -0.25) is 4.90 Å². The van der Waals surface area contributed by atoms with Crippen molar-refractivity contribution < 1.29 is 0 Å². The van der Waals surface area contributed by atoms with Crippen LogP contribution in [0.5, 0.6) is 0 Å². The van der Waals surface area contributed by atoms with E-state index in [0.29, 0.717) is 0 Å². The molecule has 2 heteroatoms. The van der Waals surface area contributed by atoms with E-state index in [1.165, 1.54) is 57.3 Å². The number of unbranched alkanes of at least 4 members (excludes halogenated alkanes) is 3. The molecule has 1 rings (SSSR count). The van der Waals surface area contributed by atoms with E-state index in [2.05, 4.69) is 54.4 Å². The monoisotopic (exact) mass is 276 g/mol. The second-order valence-corrected chi connectivity index (χ2v) is 5.52. The van der Waals surface area contributed by atoms with Crippen LogP contribution in [0.1, 0.15) is 51.5 Å². The van der Waals surface area contributed by atoms with Crippen molar-refractivity contribution in [1.29, 1.82) is 0 Å². The zero-order valence-corrected chi connectivity index (χ0v) is 13.4. The zero-order valence-electron chi connectivity index (χ0n) is 13.4. The maximum absolute atomic E-state index is 3.47. The SMILES string of the molecule is CCCNCCCCCCN(CC)Cc1ccccc1. The van der Waals surface area contributed by atoms with Gasteiger partial charge in [-0.15, -0.1) is 0 Å². The van der Waals surface area contributed by atoms with E-state index in [1.807, 2.05) is 0 Å². The lowest BCUT2D eigenvalue weighted by molar-refractivity contribution is 0.272. The molecule has 0 aliphatic heterocycles. The van der Waals surface area contributed by atoms with Crippen molar-refractivity contribution in [1.82, 2.24) is 10.2 Å². The molecule has 1 aromatic carbocycles. The molecule has 0 bridgehead atoms. The summed E-state index contributed by atoms with van der Waals surface area (Å²) in [5.41, 5.74) is 1.43. The number of hydrogen-bond donors (Lipinski definition) is 1. The molecule has 0 amide bonds. The van der Waals surface area contributed by atoms with Gasteiger partial charge >= 0.3 is 0 Å². The van der Waals surface area contributed by atoms with Crippen LogP contribution in [-0.4, -0.2) is 31.1 Å². The van der Waals surface area contributed by atoms with Crippen LogP contribution in [0.3, 0.4) is 0 Å². The van der Waals surface area contributed by atoms with Crippen molar-refractivity contribution in [3.8, 4) is 0 Å². The molecule has 0 fully saturated rings. The highest BCUT2D eigenvalue weighted by atomic mass is 15.1. The highest BCUT2D eigenvalue weighted by molar-refractivity contribution is 5.14. The van der Waals surface area contributed by atoms with Crippen LogP contribution < -0.4 is 5.32 Å². The first kappa shape index (κ1) is 17.2. The van der Waals surface area contributed by atoms with Gasteiger partial charge in [0, 0.05) is 6.54 Å². The average Bonchev–Trinajstić information content (AvgIpc) is 2.49. The molecule has 20 heavy (non-hydrogen) atoms. The maximum atomic E-state index is 3.47. The Morgan fingerprint density at radius 2 is 1.65 bits per heavy atom. The van der Waals surface area contributed by atoms with Crippen molar-refractivity contribution in [3.63, 3.8) is 0 Å². The van der Waals surface area contributed by atoms with Crippen molar-refractivity contribution in [2.75, 3.05) is 26.2 Å². The van der Waals surface area contributed by atoms with Crippen molar-refractivity contribution in [2.24, 2.45) is 0 Å². The second-order valence-electron chi connectivity index (χ2n) is 5.52. The minimum absolute atomic E-state index is 1.09. The topological polar surface area (TPSA) is 15.3 Å². The smallest absolute Gasteiger partial charge is 0.0233 e. The van der Waals surface area contributed by atoms with Gasteiger partial charge in [0.15, 0.2) is 0 Å². The Kier molecular flexibility index (Phi) is 10.3. The Bertz CT molecular complexity index is 310. The molecule has 0 radical (unpaired) electrons. The minimum Gasteiger partial charge on any atom is -0.317 e. The molecule has 0 saturated carbocycles. The molecular weight excluding hydrogens is 244 g/mol. The molecule has 0 spiro atoms. The fourth-order valence-electron chi connectivity index (χ4n) is 2.43. The summed E-state index contributed by atoms with van der Waals surface area (Å²) in [4.78, 5) is 2.55. The third-order valence-electron chi connectivity index (χ3n) is 3.70. The Labute approximate surface area is 125 Å². The summed E-state index contributed by atoms with van der Waals surface area (Å²) in [6.45, 7) is 10.3. The van der Waals surface area contributed by atoms with Crippen molar-refractivity contribution in [2.45, 2.75) is 52.5 Å². The van der Waals surface area contributed by atoms with Crippen LogP contribution in [0.2, 0.25) is 0 Å². The molecule has 0 heterocycles. The molecular formula is C18H32N2. The van der Waals surface area contributed by atoms with Gasteiger partial charge in [0.2, 0.25) is 0 Å². The first-order valence-corrected chi connectivity index (χ1v) is 8.33. The average molecular weight is 276 g/mol. The minimum atomic E-state index is 1.09. The standard InChI is InChI=1S/C18H32N2/c1-3-14-19-15-10-5-6-11-16-20(4-2)17-18-12-8-7-9-13-18/h7-9,12-13,19H,3-6,10-11,14-17H2,1-2H3. The predicted octanol–water partition coefficient (Wildman–Crippen LogP) is 4.07. The number of nitrogens with zero attached hydrogens (tertiary/aromatic N) is 1. The molecule has 0 aliphatic carbocycles. The van der Waals surface area contributed by atoms with Crippen molar-refractivity contribution in [3.05, 3.63) is 35.9 Å². The first-order valence-electron chi connectivity index (χ1n) is 8.33. The summed E-state index contributed by atoms with van der Waals surface area (Å²) in [5.74, 6) is 0. The molecule has 114 valence electrons. The highest BCUT2D eigenvalue weighted by Crippen LogP contribution is 2.07. The molecule has 1 N–H and O–H groups in total. The molecule has 0 unspecified atom stereocenters. The molecule has 0 saturated heterocycles. The van der Waals surface area contributed by atoms with Gasteiger partial charge in [0.05, 0.1) is 0 Å². The Morgan fingerprint density at radius 1 is 0.900 bits per heavy atom. The van der Waals surface area contributed by atoms with E-state index < -0.39 is 0 Å². The van der Waals surface area contributed by atoms with E-state index in [0.717, 1.165) is 13.1 Å². The number of rotatable bonds is 12. The van der Waals surface area contributed by atoms with Crippen LogP contribution in [0, 0.1) is 0 Å². The lowest BCUT2D eigenvalue weighted by atomic mass is 10.1. The van der Waals surface area contributed by atoms with Gasteiger partial charge in [-0.2, -0.15) is 0 Å². The van der Waals surface area contributed by atoms with Crippen LogP contribution in [-0.2, 0) is 6.54 Å². The number of benzene rings is 1. The Morgan fingerprint density at radius 3 is 2.35 bits per heavy atom. The van der Waals surface area contributed by atoms with Crippen molar-refractivity contribution >= 4 is 0 Å². The fraction of sp³-hybridized carbons (Fsp3) is 0.667. The van der Waals surface area contributed by atoms with Crippen LogP contribution in [0.25, 0.3) is 0 Å². The highest BCUT2D eigenvalue weighted by Gasteiger charge is 2.02. The molecule has 0 aromatic heterocycles. The Balaban J connectivity index is 2.04. The van der Waals surface area contributed by atoms with Gasteiger partial charge in [0.25, 0.3) is 0 Å². The van der Waals surface area contributed by atoms with E-state index in [9.17, 15) is 0 Å². The van der Waals surface area contributed by atoms with Gasteiger partial charge in [-0.1, -0.05) is 57.0 Å². The quantitative estimate of drug-likeness (QED) is 0.579. The van der Waals surface area contributed by atoms with Crippen LogP contribution in [0.15, 0.2) is 30.3 Å². The first-order chi connectivity index (χ1) is 9.86. The van der Waals surface area contributed by atoms with E-state index in [1.54, 1.807) is 0 Å². The van der Waals surface area contributed by atoms with E-state index in [-0.39, 0.29) is 0 Å². The van der Waals surface area contributed by atoms with Crippen LogP contribution in [0.4, 0.5) is 0 Å². The van der Waals surface area contributed by atoms with E-state index >= 15 is 0 Å². The zero-order chi connectivity index (χ0) is 14.5. The largest absolute Gasteiger partial charge is 0.317 e. The Hall–Kier alpha value is -0.860. The van der Waals surface area contributed by atoms with Gasteiger partial charge in [-0.05, 0) is 51.0 Å². The number of hydrogen-bond acceptors (Lipinski definition) is 2. The van der Waals surface area contributed by atoms with E-state index in [4.69, 9.17) is 0 Å². The third kappa shape index (κ3) is 8.34. The van der Waals surface area contributed by atoms with Crippen LogP contribution >= 0.6 is 0 Å². The lowest BCUT2D eigenvalue weighted by Crippen LogP contribution is -2.24.